The largest absolute Gasteiger partial charge is 0.505 e. The Balaban J connectivity index is 1.75. The van der Waals surface area contributed by atoms with E-state index in [9.17, 15) is 9.50 Å². The Morgan fingerprint density at radius 1 is 1.18 bits per heavy atom. The third kappa shape index (κ3) is 2.75. The Kier molecular flexibility index (Phi) is 3.73. The van der Waals surface area contributed by atoms with Crippen LogP contribution < -0.4 is 0 Å². The summed E-state index contributed by atoms with van der Waals surface area (Å²) >= 11 is 0. The third-order valence-electron chi connectivity index (χ3n) is 6.00. The third-order valence-corrected chi connectivity index (χ3v) is 6.00. The van der Waals surface area contributed by atoms with E-state index in [-0.39, 0.29) is 11.2 Å². The zero-order valence-corrected chi connectivity index (χ0v) is 16.1. The fraction of sp³-hybridized carbons (Fsp3) is 0.292. The van der Waals surface area contributed by atoms with Gasteiger partial charge in [0.2, 0.25) is 0 Å². The molecule has 0 spiro atoms. The van der Waals surface area contributed by atoms with E-state index in [1.807, 2.05) is 6.07 Å². The van der Waals surface area contributed by atoms with Crippen LogP contribution in [0.15, 0.2) is 42.5 Å². The van der Waals surface area contributed by atoms with Gasteiger partial charge >= 0.3 is 0 Å². The van der Waals surface area contributed by atoms with Crippen LogP contribution in [0.2, 0.25) is 0 Å². The standard InChI is InChI=1S/C24H23FN2O/c1-24(2)10-9-16-20(13-24)26-19(12-14-7-8-21(28)17(25)11-14)23-22(16)15-5-3-4-6-18(15)27-23/h3-8,11,27-28H,9-10,12-13H2,1-2H3. The first-order valence-corrected chi connectivity index (χ1v) is 9.80. The lowest BCUT2D eigenvalue weighted by molar-refractivity contribution is 0.311. The number of H-pyrrole nitrogens is 1. The number of phenolic OH excluding ortho intramolecular Hbond substituents is 1. The van der Waals surface area contributed by atoms with Gasteiger partial charge < -0.3 is 10.1 Å². The predicted octanol–water partition coefficient (Wildman–Crippen LogP) is 5.67. The van der Waals surface area contributed by atoms with E-state index in [0.717, 1.165) is 41.6 Å². The molecule has 4 heteroatoms. The van der Waals surface area contributed by atoms with Gasteiger partial charge in [-0.2, -0.15) is 0 Å². The van der Waals surface area contributed by atoms with Crippen molar-refractivity contribution in [3.63, 3.8) is 0 Å². The second-order valence-corrected chi connectivity index (χ2v) is 8.71. The van der Waals surface area contributed by atoms with Crippen LogP contribution in [-0.4, -0.2) is 15.1 Å². The van der Waals surface area contributed by atoms with E-state index < -0.39 is 5.82 Å². The Morgan fingerprint density at radius 2 is 2.00 bits per heavy atom. The summed E-state index contributed by atoms with van der Waals surface area (Å²) in [5.74, 6) is -0.913. The van der Waals surface area contributed by atoms with Gasteiger partial charge in [-0.1, -0.05) is 38.1 Å². The highest BCUT2D eigenvalue weighted by Gasteiger charge is 2.29. The van der Waals surface area contributed by atoms with Gasteiger partial charge in [0, 0.05) is 28.4 Å². The average Bonchev–Trinajstić information content (AvgIpc) is 3.04. The molecule has 3 nitrogen and oxygen atoms in total. The van der Waals surface area contributed by atoms with Crippen LogP contribution in [-0.2, 0) is 19.3 Å². The number of phenols is 1. The van der Waals surface area contributed by atoms with Gasteiger partial charge in [-0.15, -0.1) is 0 Å². The summed E-state index contributed by atoms with van der Waals surface area (Å²) in [5, 5.41) is 12.0. The van der Waals surface area contributed by atoms with E-state index in [2.05, 4.69) is 37.0 Å². The molecule has 0 bridgehead atoms. The molecule has 1 aliphatic carbocycles. The lowest BCUT2D eigenvalue weighted by Crippen LogP contribution is -2.24. The summed E-state index contributed by atoms with van der Waals surface area (Å²) in [7, 11) is 0. The average molecular weight is 374 g/mol. The summed E-state index contributed by atoms with van der Waals surface area (Å²) in [5.41, 5.74) is 6.66. The number of rotatable bonds is 2. The highest BCUT2D eigenvalue weighted by molar-refractivity contribution is 6.10. The van der Waals surface area contributed by atoms with E-state index in [0.29, 0.717) is 6.42 Å². The van der Waals surface area contributed by atoms with Crippen molar-refractivity contribution in [3.05, 3.63) is 70.8 Å². The fourth-order valence-electron chi connectivity index (χ4n) is 4.50. The molecule has 0 aliphatic heterocycles. The molecule has 0 unspecified atom stereocenters. The summed E-state index contributed by atoms with van der Waals surface area (Å²) in [6.45, 7) is 4.60. The molecule has 142 valence electrons. The smallest absolute Gasteiger partial charge is 0.165 e. The number of benzene rings is 2. The van der Waals surface area contributed by atoms with E-state index in [1.165, 1.54) is 34.2 Å². The van der Waals surface area contributed by atoms with Gasteiger partial charge in [0.1, 0.15) is 0 Å². The number of hydrogen-bond donors (Lipinski definition) is 2. The second-order valence-electron chi connectivity index (χ2n) is 8.71. The molecule has 0 radical (unpaired) electrons. The molecule has 2 aromatic heterocycles. The number of aryl methyl sites for hydroxylation is 1. The highest BCUT2D eigenvalue weighted by atomic mass is 19.1. The molecule has 5 rings (SSSR count). The second kappa shape index (κ2) is 6.06. The van der Waals surface area contributed by atoms with Gasteiger partial charge in [-0.25, -0.2) is 4.39 Å². The summed E-state index contributed by atoms with van der Waals surface area (Å²) < 4.78 is 13.9. The maximum atomic E-state index is 13.9. The van der Waals surface area contributed by atoms with Crippen LogP contribution in [0.4, 0.5) is 4.39 Å². The van der Waals surface area contributed by atoms with Gasteiger partial charge in [0.15, 0.2) is 11.6 Å². The van der Waals surface area contributed by atoms with Crippen LogP contribution in [0.1, 0.15) is 42.8 Å². The van der Waals surface area contributed by atoms with Crippen molar-refractivity contribution in [1.29, 1.82) is 0 Å². The Morgan fingerprint density at radius 3 is 2.82 bits per heavy atom. The molecule has 28 heavy (non-hydrogen) atoms. The number of nitrogens with one attached hydrogen (secondary N) is 1. The van der Waals surface area contributed by atoms with Crippen LogP contribution in [0.3, 0.4) is 0 Å². The first-order valence-electron chi connectivity index (χ1n) is 9.80. The molecule has 2 N–H and O–H groups in total. The minimum absolute atomic E-state index is 0.238. The van der Waals surface area contributed by atoms with Gasteiger partial charge in [-0.05, 0) is 54.0 Å². The Hall–Kier alpha value is -2.88. The normalized spacial score (nSPS) is 15.8. The minimum Gasteiger partial charge on any atom is -0.505 e. The first kappa shape index (κ1) is 17.2. The molecule has 0 fully saturated rings. The fourth-order valence-corrected chi connectivity index (χ4v) is 4.50. The molecule has 0 saturated heterocycles. The van der Waals surface area contributed by atoms with Crippen molar-refractivity contribution in [2.45, 2.75) is 39.5 Å². The van der Waals surface area contributed by atoms with Crippen LogP contribution in [0.5, 0.6) is 5.75 Å². The summed E-state index contributed by atoms with van der Waals surface area (Å²) in [6, 6.07) is 12.9. The molecule has 4 aromatic rings. The number of nitrogens with zero attached hydrogens (tertiary/aromatic N) is 1. The monoisotopic (exact) mass is 374 g/mol. The summed E-state index contributed by atoms with van der Waals surface area (Å²) in [6.07, 6.45) is 3.66. The van der Waals surface area contributed by atoms with E-state index >= 15 is 0 Å². The lowest BCUT2D eigenvalue weighted by atomic mass is 9.75. The quantitative estimate of drug-likeness (QED) is 0.475. The SMILES string of the molecule is CC1(C)CCc2c(nc(Cc3ccc(O)c(F)c3)c3[nH]c4ccccc4c23)C1. The number of pyridine rings is 1. The Labute approximate surface area is 163 Å². The van der Waals surface area contributed by atoms with Crippen LogP contribution in [0.25, 0.3) is 21.8 Å². The van der Waals surface area contributed by atoms with E-state index in [1.54, 1.807) is 6.07 Å². The van der Waals surface area contributed by atoms with Gasteiger partial charge in [0.25, 0.3) is 0 Å². The number of hydrogen-bond acceptors (Lipinski definition) is 2. The molecule has 2 aromatic carbocycles. The van der Waals surface area contributed by atoms with Crippen molar-refractivity contribution >= 4 is 21.8 Å². The van der Waals surface area contributed by atoms with Crippen LogP contribution >= 0.6 is 0 Å². The molecule has 0 saturated carbocycles. The lowest BCUT2D eigenvalue weighted by Gasteiger charge is -2.31. The van der Waals surface area contributed by atoms with E-state index in [4.69, 9.17) is 4.98 Å². The zero-order chi connectivity index (χ0) is 19.5. The van der Waals surface area contributed by atoms with Gasteiger partial charge in [-0.3, -0.25) is 4.98 Å². The first-order chi connectivity index (χ1) is 13.4. The highest BCUT2D eigenvalue weighted by Crippen LogP contribution is 2.40. The Bertz CT molecular complexity index is 1220. The molecule has 2 heterocycles. The maximum Gasteiger partial charge on any atom is 0.165 e. The number of halogens is 1. The molecular weight excluding hydrogens is 351 g/mol. The number of fused-ring (bicyclic) bond motifs is 5. The zero-order valence-electron chi connectivity index (χ0n) is 16.1. The predicted molar refractivity (Wildman–Crippen MR) is 110 cm³/mol. The van der Waals surface area contributed by atoms with Crippen molar-refractivity contribution in [3.8, 4) is 5.75 Å². The van der Waals surface area contributed by atoms with Crippen LogP contribution in [0, 0.1) is 11.2 Å². The molecule has 0 amide bonds. The van der Waals surface area contributed by atoms with Crippen molar-refractivity contribution in [2.24, 2.45) is 5.41 Å². The molecule has 1 aliphatic rings. The number of aromatic nitrogens is 2. The van der Waals surface area contributed by atoms with Gasteiger partial charge in [0.05, 0.1) is 11.2 Å². The summed E-state index contributed by atoms with van der Waals surface area (Å²) in [4.78, 5) is 8.62. The molecular formula is C24H23FN2O. The van der Waals surface area contributed by atoms with Crippen molar-refractivity contribution in [1.82, 2.24) is 9.97 Å². The van der Waals surface area contributed by atoms with Crippen molar-refractivity contribution in [2.75, 3.05) is 0 Å². The molecule has 0 atom stereocenters. The van der Waals surface area contributed by atoms with Crippen molar-refractivity contribution < 1.29 is 9.50 Å². The number of aromatic amines is 1. The topological polar surface area (TPSA) is 48.9 Å². The maximum absolute atomic E-state index is 13.9. The number of aromatic hydroxyl groups is 1. The minimum atomic E-state index is -0.593. The number of para-hydroxylation sites is 1.